The van der Waals surface area contributed by atoms with Gasteiger partial charge in [-0.2, -0.15) is 0 Å². The first-order chi connectivity index (χ1) is 14.8. The number of aromatic nitrogens is 2. The molecule has 2 aliphatic rings. The van der Waals surface area contributed by atoms with Crippen LogP contribution in [-0.2, 0) is 18.0 Å². The van der Waals surface area contributed by atoms with Crippen LogP contribution in [0.2, 0.25) is 0 Å². The highest BCUT2D eigenvalue weighted by Gasteiger charge is 2.26. The lowest BCUT2D eigenvalue weighted by molar-refractivity contribution is 0.0384. The van der Waals surface area contributed by atoms with Crippen LogP contribution in [0.3, 0.4) is 0 Å². The Labute approximate surface area is 177 Å². The molecule has 0 N–H and O–H groups in total. The molecule has 1 fully saturated rings. The summed E-state index contributed by atoms with van der Waals surface area (Å²) in [5.41, 5.74) is 3.55. The van der Waals surface area contributed by atoms with Gasteiger partial charge in [0.2, 0.25) is 5.95 Å². The number of benzene rings is 2. The van der Waals surface area contributed by atoms with E-state index in [0.29, 0.717) is 0 Å². The van der Waals surface area contributed by atoms with E-state index in [1.54, 1.807) is 7.11 Å². The van der Waals surface area contributed by atoms with Crippen LogP contribution in [-0.4, -0.2) is 72.5 Å². The van der Waals surface area contributed by atoms with E-state index in [0.717, 1.165) is 76.5 Å². The molecule has 3 aromatic rings. The van der Waals surface area contributed by atoms with Crippen molar-refractivity contribution >= 4 is 17.0 Å². The summed E-state index contributed by atoms with van der Waals surface area (Å²) in [6.45, 7) is 8.30. The van der Waals surface area contributed by atoms with Gasteiger partial charge in [0.05, 0.1) is 44.7 Å². The fraction of sp³-hybridized carbons (Fsp3) is 0.435. The maximum absolute atomic E-state index is 5.50. The molecule has 5 rings (SSSR count). The van der Waals surface area contributed by atoms with Crippen molar-refractivity contribution < 1.29 is 9.47 Å². The second kappa shape index (κ2) is 8.63. The Bertz CT molecular complexity index is 981. The number of methoxy groups -OCH3 is 1. The lowest BCUT2D eigenvalue weighted by Gasteiger charge is -2.38. The molecule has 1 aromatic heterocycles. The summed E-state index contributed by atoms with van der Waals surface area (Å²) in [4.78, 5) is 12.3. The molecular weight excluding hydrogens is 378 g/mol. The molecule has 0 spiro atoms. The van der Waals surface area contributed by atoms with Crippen LogP contribution >= 0.6 is 0 Å². The number of hydrogen-bond acceptors (Lipinski definition) is 6. The molecular formula is C23H29N5O2. The minimum Gasteiger partial charge on any atom is -0.497 e. The average Bonchev–Trinajstić information content (AvgIpc) is 3.17. The zero-order valence-electron chi connectivity index (χ0n) is 17.5. The lowest BCUT2D eigenvalue weighted by atomic mass is 10.2. The van der Waals surface area contributed by atoms with Crippen LogP contribution in [0.1, 0.15) is 5.56 Å². The Morgan fingerprint density at radius 2 is 1.73 bits per heavy atom. The van der Waals surface area contributed by atoms with Crippen molar-refractivity contribution in [3.05, 3.63) is 54.1 Å². The largest absolute Gasteiger partial charge is 0.497 e. The van der Waals surface area contributed by atoms with Crippen LogP contribution in [0, 0.1) is 0 Å². The van der Waals surface area contributed by atoms with Gasteiger partial charge in [-0.15, -0.1) is 0 Å². The van der Waals surface area contributed by atoms with Gasteiger partial charge in [0.15, 0.2) is 0 Å². The molecule has 1 saturated heterocycles. The Kier molecular flexibility index (Phi) is 5.57. The minimum atomic E-state index is 0.835. The van der Waals surface area contributed by atoms with Crippen LogP contribution in [0.5, 0.6) is 5.75 Å². The summed E-state index contributed by atoms with van der Waals surface area (Å²) in [5, 5.41) is 0. The highest BCUT2D eigenvalue weighted by molar-refractivity contribution is 5.79. The topological polar surface area (TPSA) is 46.0 Å². The molecule has 0 unspecified atom stereocenters. The summed E-state index contributed by atoms with van der Waals surface area (Å²) in [7, 11) is 1.71. The molecule has 7 heteroatoms. The van der Waals surface area contributed by atoms with Crippen LogP contribution < -0.4 is 9.64 Å². The highest BCUT2D eigenvalue weighted by Crippen LogP contribution is 2.27. The smallest absolute Gasteiger partial charge is 0.208 e. The number of nitrogens with zero attached hydrogens (tertiary/aromatic N) is 5. The Hall–Kier alpha value is -2.61. The number of morpholine rings is 1. The van der Waals surface area contributed by atoms with Crippen molar-refractivity contribution in [2.24, 2.45) is 0 Å². The van der Waals surface area contributed by atoms with Crippen molar-refractivity contribution in [1.29, 1.82) is 0 Å². The summed E-state index contributed by atoms with van der Waals surface area (Å²) < 4.78 is 13.1. The van der Waals surface area contributed by atoms with Crippen LogP contribution in [0.25, 0.3) is 11.0 Å². The van der Waals surface area contributed by atoms with Crippen molar-refractivity contribution in [2.45, 2.75) is 13.2 Å². The normalized spacial score (nSPS) is 18.0. The number of rotatable bonds is 6. The van der Waals surface area contributed by atoms with Crippen LogP contribution in [0.15, 0.2) is 48.5 Å². The second-order valence-electron chi connectivity index (χ2n) is 8.01. The van der Waals surface area contributed by atoms with Gasteiger partial charge in [-0.05, 0) is 29.8 Å². The number of ether oxygens (including phenoxy) is 2. The summed E-state index contributed by atoms with van der Waals surface area (Å²) in [6.07, 6.45) is 0. The number of anilines is 1. The van der Waals surface area contributed by atoms with Gasteiger partial charge in [-0.25, -0.2) is 4.98 Å². The molecule has 2 aliphatic heterocycles. The molecule has 0 amide bonds. The van der Waals surface area contributed by atoms with Gasteiger partial charge in [0.25, 0.3) is 0 Å². The van der Waals surface area contributed by atoms with E-state index in [9.17, 15) is 0 Å². The van der Waals surface area contributed by atoms with Gasteiger partial charge in [0, 0.05) is 32.7 Å². The molecule has 0 bridgehead atoms. The van der Waals surface area contributed by atoms with E-state index in [2.05, 4.69) is 55.7 Å². The fourth-order valence-electron chi connectivity index (χ4n) is 4.34. The number of fused-ring (bicyclic) bond motifs is 3. The predicted molar refractivity (Wildman–Crippen MR) is 118 cm³/mol. The van der Waals surface area contributed by atoms with Crippen molar-refractivity contribution in [3.8, 4) is 5.75 Å². The maximum atomic E-state index is 5.50. The van der Waals surface area contributed by atoms with Crippen molar-refractivity contribution in [3.63, 3.8) is 0 Å². The zero-order chi connectivity index (χ0) is 20.3. The zero-order valence-corrected chi connectivity index (χ0v) is 17.5. The third-order valence-corrected chi connectivity index (χ3v) is 5.98. The van der Waals surface area contributed by atoms with Gasteiger partial charge in [-0.1, -0.05) is 24.3 Å². The van der Waals surface area contributed by atoms with Gasteiger partial charge >= 0.3 is 0 Å². The SMILES string of the molecule is COc1ccc(CN2CN(CCN3CCOCC3)c3nc4ccccc4n3C2)cc1. The first kappa shape index (κ1) is 19.4. The van der Waals surface area contributed by atoms with Crippen LogP contribution in [0.4, 0.5) is 5.95 Å². The van der Waals surface area contributed by atoms with Gasteiger partial charge < -0.3 is 14.4 Å². The molecule has 7 nitrogen and oxygen atoms in total. The van der Waals surface area contributed by atoms with E-state index in [1.807, 2.05) is 12.1 Å². The molecule has 0 aliphatic carbocycles. The quantitative estimate of drug-likeness (QED) is 0.626. The van der Waals surface area contributed by atoms with Crippen molar-refractivity contribution in [1.82, 2.24) is 19.4 Å². The molecule has 30 heavy (non-hydrogen) atoms. The molecule has 3 heterocycles. The number of imidazole rings is 1. The Morgan fingerprint density at radius 3 is 2.53 bits per heavy atom. The Balaban J connectivity index is 1.37. The molecule has 2 aromatic carbocycles. The minimum absolute atomic E-state index is 0.835. The average molecular weight is 408 g/mol. The van der Waals surface area contributed by atoms with E-state index in [4.69, 9.17) is 14.5 Å². The third kappa shape index (κ3) is 4.01. The molecule has 0 atom stereocenters. The monoisotopic (exact) mass is 407 g/mol. The number of para-hydroxylation sites is 2. The molecule has 158 valence electrons. The van der Waals surface area contributed by atoms with E-state index >= 15 is 0 Å². The number of hydrogen-bond donors (Lipinski definition) is 0. The Morgan fingerprint density at radius 1 is 0.933 bits per heavy atom. The summed E-state index contributed by atoms with van der Waals surface area (Å²) in [6, 6.07) is 16.8. The predicted octanol–water partition coefficient (Wildman–Crippen LogP) is 2.61. The third-order valence-electron chi connectivity index (χ3n) is 5.98. The molecule has 0 radical (unpaired) electrons. The first-order valence-electron chi connectivity index (χ1n) is 10.7. The highest BCUT2D eigenvalue weighted by atomic mass is 16.5. The van der Waals surface area contributed by atoms with E-state index in [1.165, 1.54) is 11.1 Å². The van der Waals surface area contributed by atoms with Gasteiger partial charge in [-0.3, -0.25) is 14.4 Å². The first-order valence-corrected chi connectivity index (χ1v) is 10.7. The van der Waals surface area contributed by atoms with E-state index < -0.39 is 0 Å². The van der Waals surface area contributed by atoms with E-state index in [-0.39, 0.29) is 0 Å². The summed E-state index contributed by atoms with van der Waals surface area (Å²) >= 11 is 0. The van der Waals surface area contributed by atoms with Crippen molar-refractivity contribution in [2.75, 3.05) is 58.1 Å². The maximum Gasteiger partial charge on any atom is 0.208 e. The summed E-state index contributed by atoms with van der Waals surface area (Å²) in [5.74, 6) is 1.97. The van der Waals surface area contributed by atoms with Gasteiger partial charge in [0.1, 0.15) is 5.75 Å². The lowest BCUT2D eigenvalue weighted by Crippen LogP contribution is -2.48. The standard InChI is InChI=1S/C23H29N5O2/c1-29-20-8-6-19(7-9-20)16-26-17-27(11-10-25-12-14-30-15-13-25)23-24-21-4-2-3-5-22(21)28(23)18-26/h2-9H,10-18H2,1H3. The molecule has 0 saturated carbocycles. The second-order valence-corrected chi connectivity index (χ2v) is 8.01. The fourth-order valence-corrected chi connectivity index (χ4v) is 4.34.